The highest BCUT2D eigenvalue weighted by Gasteiger charge is 2.51. The number of hydrogen-bond donors (Lipinski definition) is 20. The Balaban J connectivity index is 0.0000147. The van der Waals surface area contributed by atoms with Gasteiger partial charge in [0.2, 0.25) is 59.3 Å². The maximum absolute atomic E-state index is 16.3. The van der Waals surface area contributed by atoms with Crippen LogP contribution in [0.2, 0.25) is 20.1 Å². The molecule has 7 aromatic rings. The van der Waals surface area contributed by atoms with Gasteiger partial charge < -0.3 is 139 Å². The minimum absolute atomic E-state index is 0. The minimum atomic E-state index is -2.34. The number of rotatable bonds is 23. The van der Waals surface area contributed by atoms with Crippen LogP contribution in [0.5, 0.6) is 51.7 Å². The first kappa shape index (κ1) is 93.3. The molecule has 0 spiro atoms. The molecule has 35 nitrogen and oxygen atoms in total. The van der Waals surface area contributed by atoms with Crippen molar-refractivity contribution in [2.24, 2.45) is 23.1 Å². The lowest BCUT2D eigenvalue weighted by Crippen LogP contribution is -2.63. The number of likely N-dealkylation sites (N-methyl/N-ethyl adjacent to an activating group) is 1. The predicted molar refractivity (Wildman–Crippen MR) is 447 cm³/mol. The van der Waals surface area contributed by atoms with Crippen molar-refractivity contribution in [3.63, 3.8) is 0 Å². The Morgan fingerprint density at radius 1 is 0.634 bits per heavy atom. The topological polar surface area (TPSA) is 549 Å². The molecular weight excluding hydrogens is 1690 g/mol. The second-order valence-electron chi connectivity index (χ2n) is 30.5. The molecule has 7 aliphatic heterocycles. The monoisotopic (exact) mass is 1780 g/mol. The van der Waals surface area contributed by atoms with Gasteiger partial charge in [0.05, 0.1) is 44.8 Å². The molecule has 0 radical (unpaired) electrons. The summed E-state index contributed by atoms with van der Waals surface area (Å²) in [7, 11) is 1.49. The number of aliphatic hydroxyl groups excluding tert-OH is 5. The van der Waals surface area contributed by atoms with Gasteiger partial charge in [0.15, 0.2) is 23.9 Å². The second-order valence-corrected chi connectivity index (χ2v) is 32.1. The molecule has 18 atom stereocenters. The number of hydrogen-bond acceptors (Lipinski definition) is 27. The summed E-state index contributed by atoms with van der Waals surface area (Å²) in [6.45, 7) is 5.35. The van der Waals surface area contributed by atoms with Crippen LogP contribution in [0.4, 0.5) is 0 Å². The summed E-state index contributed by atoms with van der Waals surface area (Å²) in [5.74, 6) is -13.9. The van der Waals surface area contributed by atoms with Crippen molar-refractivity contribution in [2.75, 3.05) is 26.7 Å². The third-order valence-electron chi connectivity index (χ3n) is 21.3. The number of halogens is 4. The van der Waals surface area contributed by atoms with E-state index in [-0.39, 0.29) is 96.8 Å². The van der Waals surface area contributed by atoms with E-state index in [1.54, 1.807) is 37.3 Å². The molecular formula is C84H98Cl4N12O23. The highest BCUT2D eigenvalue weighted by Crippen LogP contribution is 2.50. The van der Waals surface area contributed by atoms with E-state index in [0.717, 1.165) is 65.7 Å². The molecule has 8 amide bonds. The Morgan fingerprint density at radius 3 is 1.91 bits per heavy atom. The predicted octanol–water partition coefficient (Wildman–Crippen LogP) is 4.81. The van der Waals surface area contributed by atoms with Crippen LogP contribution in [-0.2, 0) is 65.7 Å². The average molecular weight is 1790 g/mol. The summed E-state index contributed by atoms with van der Waals surface area (Å²) in [4.78, 5) is 120. The van der Waals surface area contributed by atoms with E-state index >= 15 is 24.0 Å². The van der Waals surface area contributed by atoms with Crippen LogP contribution in [0, 0.1) is 5.92 Å². The van der Waals surface area contributed by atoms with E-state index in [1.165, 1.54) is 31.3 Å². The van der Waals surface area contributed by atoms with Crippen molar-refractivity contribution in [3.05, 3.63) is 180 Å². The number of phenols is 3. The summed E-state index contributed by atoms with van der Waals surface area (Å²) >= 11 is 26.8. The van der Waals surface area contributed by atoms with Gasteiger partial charge in [0, 0.05) is 49.3 Å². The molecule has 7 aliphatic rings. The number of ether oxygens (including phenoxy) is 7. The number of benzene rings is 7. The van der Waals surface area contributed by atoms with Gasteiger partial charge in [-0.15, -0.1) is 0 Å². The first-order valence-electron chi connectivity index (χ1n) is 39.1. The highest BCUT2D eigenvalue weighted by molar-refractivity contribution is 6.42. The molecule has 660 valence electrons. The highest BCUT2D eigenvalue weighted by atomic mass is 35.5. The average Bonchev–Trinajstić information content (AvgIpc) is 0.767. The number of aliphatic hydroxyl groups is 5. The van der Waals surface area contributed by atoms with Gasteiger partial charge in [-0.05, 0) is 164 Å². The number of primary amides is 1. The number of unbranched alkanes of at least 4 members (excludes halogenated alkanes) is 1. The van der Waals surface area contributed by atoms with Gasteiger partial charge >= 0.3 is 0 Å². The van der Waals surface area contributed by atoms with E-state index < -0.39 is 221 Å². The molecule has 7 heterocycles. The third-order valence-corrected chi connectivity index (χ3v) is 22.6. The lowest BCUT2D eigenvalue weighted by Gasteiger charge is -2.45. The number of carbonyl (C=O) groups excluding carboxylic acids is 8. The van der Waals surface area contributed by atoms with Gasteiger partial charge in [0.25, 0.3) is 0 Å². The minimum Gasteiger partial charge on any atom is -0.508 e. The summed E-state index contributed by atoms with van der Waals surface area (Å²) in [5.41, 5.74) is 17.1. The number of carbonyl (C=O) groups is 8. The molecule has 2 saturated heterocycles. The molecule has 123 heavy (non-hydrogen) atoms. The Kier molecular flexibility index (Phi) is 31.0. The van der Waals surface area contributed by atoms with Crippen molar-refractivity contribution >= 4 is 93.7 Å². The number of amides is 8. The summed E-state index contributed by atoms with van der Waals surface area (Å²) < 4.78 is 45.7. The van der Waals surface area contributed by atoms with Crippen molar-refractivity contribution in [1.29, 1.82) is 0 Å². The number of aromatic hydroxyl groups is 3. The number of fused-ring (bicyclic) bond motifs is 15. The lowest BCUT2D eigenvalue weighted by atomic mass is 9.89. The first-order valence-corrected chi connectivity index (χ1v) is 40.6. The molecule has 2 fully saturated rings. The normalized spacial score (nSPS) is 25.5. The fourth-order valence-corrected chi connectivity index (χ4v) is 15.5. The molecule has 39 heteroatoms. The van der Waals surface area contributed by atoms with Crippen LogP contribution in [-0.4, -0.2) is 194 Å². The smallest absolute Gasteiger partial charge is 0.248 e. The fraction of sp³-hybridized carbons (Fsp3) is 0.405. The van der Waals surface area contributed by atoms with E-state index in [2.05, 4.69) is 47.9 Å². The van der Waals surface area contributed by atoms with Gasteiger partial charge in [-0.25, -0.2) is 0 Å². The Labute approximate surface area is 726 Å². The van der Waals surface area contributed by atoms with E-state index in [9.17, 15) is 55.2 Å². The van der Waals surface area contributed by atoms with E-state index in [4.69, 9.17) is 96.8 Å². The summed E-state index contributed by atoms with van der Waals surface area (Å²) in [6, 6.07) is 12.1. The van der Waals surface area contributed by atoms with Crippen LogP contribution in [0.1, 0.15) is 130 Å². The van der Waals surface area contributed by atoms with Crippen LogP contribution >= 0.6 is 46.4 Å². The zero-order chi connectivity index (χ0) is 87.8. The third kappa shape index (κ3) is 21.9. The first-order chi connectivity index (χ1) is 58.2. The quantitative estimate of drug-likeness (QED) is 0.0382. The standard InChI is InChI=1S/C83H94Cl4N12O23.CH4/c1-35(2)21-52(91-4)76(109)98-67-70(105)40-11-17-56(49(86)24-40)118-58-26-42-27-59(74(58)122-83-75(73(108)72(107)60(32-89)120-83)121-62-31-51(69(104)36(3)117-62)93-33-37-7-13-44(14-8-37)116-34-38-9-15-47(84)48(85)22-38)119-57-18-12-41(25-50(57)87)71(106)68-82(115)97-66(78(111)92-20-6-5-19-88)46-28-43(100)29-55(102)63(46)45-23-39(10-16-54(45)101)64(79(112)99-68)96-80(113)65(42)95-77(110)53(30-61(90)103)94-81(67)114;/h7-18,22-29,35-36,51-53,60,62,64-73,75,83,91,93,100-102,104-108H,5-6,19-21,30-34,88-89H2,1-4H3,(H2,90,103)(H,92,111)(H,94,114)(H,95,110)(H,96,113)(H,97,115)(H,98,109)(H,99,112);1H4/t36?,51?,52-,53+,60?,62?,64?,65-,66-,67-,68+,69?,70-,71-,72?,73?,75?,83?;/m1./s1. The Bertz CT molecular complexity index is 5060. The summed E-state index contributed by atoms with van der Waals surface area (Å²) in [5, 5.41) is 120. The maximum atomic E-state index is 16.3. The van der Waals surface area contributed by atoms with Gasteiger partial charge in [-0.3, -0.25) is 38.4 Å². The number of nitrogens with one attached hydrogen (secondary N) is 9. The largest absolute Gasteiger partial charge is 0.508 e. The SMILES string of the molecule is C.CN[C@H](CC(C)C)C(=O)N[C@H]1C(=O)N[C@@H](CC(N)=O)C(=O)N[C@H]2C(=O)NC3C(=O)N[C@H](C(=O)N[C@@H](C(=O)NCCCCN)c4cc(O)cc(O)c4-c4cc3ccc4O)[C@H](O)c3ccc(c(Cl)c3)Oc3cc2cc(c3OC2OC(CN)C(O)C(O)C2OC2CC(NCc3ccc(OCc4ccc(Cl)c(Cl)c4)cc3)C(O)C(C)O2)Oc2ccc(cc2Cl)[C@H]1O. The Hall–Kier alpha value is -10.4. The number of nitrogens with two attached hydrogens (primary N) is 3. The fourth-order valence-electron chi connectivity index (χ4n) is 14.8. The van der Waals surface area contributed by atoms with Gasteiger partial charge in [-0.2, -0.15) is 0 Å². The Morgan fingerprint density at radius 2 is 1.28 bits per heavy atom. The van der Waals surface area contributed by atoms with Gasteiger partial charge in [-0.1, -0.05) is 104 Å². The molecule has 0 aromatic heterocycles. The van der Waals surface area contributed by atoms with Crippen molar-refractivity contribution in [2.45, 2.75) is 183 Å². The molecule has 23 N–H and O–H groups in total. The van der Waals surface area contributed by atoms with Crippen LogP contribution in [0.25, 0.3) is 11.1 Å². The molecule has 0 aliphatic carbocycles. The molecule has 0 saturated carbocycles. The van der Waals surface area contributed by atoms with Gasteiger partial charge in [0.1, 0.15) is 108 Å². The molecule has 14 rings (SSSR count). The van der Waals surface area contributed by atoms with Crippen LogP contribution in [0.3, 0.4) is 0 Å². The van der Waals surface area contributed by atoms with Crippen LogP contribution < -0.4 is 84.0 Å². The van der Waals surface area contributed by atoms with Crippen LogP contribution in [0.15, 0.2) is 121 Å². The number of phenolic OH excluding ortho intramolecular Hbond substituents is 3. The molecule has 10 unspecified atom stereocenters. The summed E-state index contributed by atoms with van der Waals surface area (Å²) in [6.07, 6.45) is -17.1. The van der Waals surface area contributed by atoms with Crippen molar-refractivity contribution in [3.8, 4) is 62.9 Å². The van der Waals surface area contributed by atoms with Crippen molar-refractivity contribution in [1.82, 2.24) is 47.9 Å². The van der Waals surface area contributed by atoms with E-state index in [0.29, 0.717) is 28.6 Å². The molecule has 11 bridgehead atoms. The zero-order valence-electron chi connectivity index (χ0n) is 66.0. The van der Waals surface area contributed by atoms with E-state index in [1.807, 2.05) is 26.0 Å². The molecule has 7 aromatic carbocycles. The second kappa shape index (κ2) is 40.9. The maximum Gasteiger partial charge on any atom is 0.248 e. The zero-order valence-corrected chi connectivity index (χ0v) is 69.1. The van der Waals surface area contributed by atoms with Crippen molar-refractivity contribution < 1.29 is 112 Å². The lowest BCUT2D eigenvalue weighted by molar-refractivity contribution is -0.327.